The first-order valence-corrected chi connectivity index (χ1v) is 8.25. The number of esters is 1. The Bertz CT molecular complexity index is 403. The van der Waals surface area contributed by atoms with E-state index in [4.69, 9.17) is 0 Å². The van der Waals surface area contributed by atoms with Crippen molar-refractivity contribution in [2.45, 2.75) is 43.9 Å². The standard InChI is InChI=1S/C11H20BNO5S/c1-2-18-11(14)7-19(16,17)10-5-3-9(4-6-10)13-8-12-15/h9-10,13H,2-8H2,1H3. The normalized spacial score (nSPS) is 23.6. The molecule has 19 heavy (non-hydrogen) atoms. The van der Waals surface area contributed by atoms with Crippen LogP contribution in [0.15, 0.2) is 0 Å². The van der Waals surface area contributed by atoms with Gasteiger partial charge in [-0.1, -0.05) is 0 Å². The van der Waals surface area contributed by atoms with Crippen LogP contribution >= 0.6 is 0 Å². The summed E-state index contributed by atoms with van der Waals surface area (Å²) < 4.78 is 38.9. The molecule has 0 aromatic heterocycles. The summed E-state index contributed by atoms with van der Waals surface area (Å²) in [5.74, 6) is -1.21. The van der Waals surface area contributed by atoms with Crippen LogP contribution in [-0.2, 0) is 24.1 Å². The molecule has 0 spiro atoms. The number of hydrogen-bond acceptors (Lipinski definition) is 6. The number of rotatable bonds is 7. The molecule has 0 unspecified atom stereocenters. The summed E-state index contributed by atoms with van der Waals surface area (Å²) in [6.45, 7) is 1.84. The van der Waals surface area contributed by atoms with Crippen LogP contribution in [0.3, 0.4) is 0 Å². The van der Waals surface area contributed by atoms with Gasteiger partial charge in [-0.2, -0.15) is 0 Å². The van der Waals surface area contributed by atoms with E-state index < -0.39 is 26.8 Å². The molecule has 1 rings (SSSR count). The van der Waals surface area contributed by atoms with E-state index in [0.717, 1.165) is 7.15 Å². The predicted molar refractivity (Wildman–Crippen MR) is 70.9 cm³/mol. The Balaban J connectivity index is 2.45. The van der Waals surface area contributed by atoms with Crippen molar-refractivity contribution in [1.82, 2.24) is 5.32 Å². The predicted octanol–water partition coefficient (Wildman–Crippen LogP) is -0.128. The molecule has 1 fully saturated rings. The van der Waals surface area contributed by atoms with Gasteiger partial charge in [0.25, 0.3) is 0 Å². The Morgan fingerprint density at radius 3 is 2.47 bits per heavy atom. The van der Waals surface area contributed by atoms with Gasteiger partial charge in [0.1, 0.15) is 0 Å². The summed E-state index contributed by atoms with van der Waals surface area (Å²) in [7, 11) is -2.63. The Morgan fingerprint density at radius 2 is 1.95 bits per heavy atom. The van der Waals surface area contributed by atoms with Crippen molar-refractivity contribution >= 4 is 23.0 Å². The second-order valence-electron chi connectivity index (χ2n) is 4.66. The molecule has 6 nitrogen and oxygen atoms in total. The molecule has 0 heterocycles. The fourth-order valence-electron chi connectivity index (χ4n) is 2.33. The molecule has 1 saturated carbocycles. The van der Waals surface area contributed by atoms with E-state index in [1.807, 2.05) is 0 Å². The van der Waals surface area contributed by atoms with Gasteiger partial charge in [-0.05, 0) is 0 Å². The maximum absolute atomic E-state index is 12.0. The van der Waals surface area contributed by atoms with Crippen LogP contribution in [0.4, 0.5) is 0 Å². The fourth-order valence-corrected chi connectivity index (χ4v) is 3.96. The first-order chi connectivity index (χ1) is 8.99. The van der Waals surface area contributed by atoms with Gasteiger partial charge < -0.3 is 0 Å². The van der Waals surface area contributed by atoms with Crippen LogP contribution in [-0.4, -0.2) is 51.6 Å². The second kappa shape index (κ2) is 7.74. The van der Waals surface area contributed by atoms with Gasteiger partial charge in [-0.3, -0.25) is 0 Å². The van der Waals surface area contributed by atoms with Crippen LogP contribution in [0.5, 0.6) is 0 Å². The molecule has 108 valence electrons. The van der Waals surface area contributed by atoms with Gasteiger partial charge in [-0.25, -0.2) is 0 Å². The summed E-state index contributed by atoms with van der Waals surface area (Å²) in [5.41, 5.74) is 0. The molecule has 1 aliphatic rings. The van der Waals surface area contributed by atoms with Crippen molar-refractivity contribution in [2.24, 2.45) is 0 Å². The molecule has 0 atom stereocenters. The topological polar surface area (TPSA) is 89.5 Å². The number of carbonyl (C=O) groups excluding carboxylic acids is 1. The van der Waals surface area contributed by atoms with E-state index >= 15 is 0 Å². The van der Waals surface area contributed by atoms with E-state index in [-0.39, 0.29) is 12.6 Å². The van der Waals surface area contributed by atoms with Crippen molar-refractivity contribution in [3.8, 4) is 0 Å². The van der Waals surface area contributed by atoms with Crippen molar-refractivity contribution < 1.29 is 22.7 Å². The van der Waals surface area contributed by atoms with Crippen molar-refractivity contribution in [3.05, 3.63) is 0 Å². The molecular formula is C11H20BNO5S. The molecular weight excluding hydrogens is 269 g/mol. The second-order valence-corrected chi connectivity index (χ2v) is 6.94. The third kappa shape index (κ3) is 5.40. The van der Waals surface area contributed by atoms with E-state index in [2.05, 4.69) is 10.1 Å². The van der Waals surface area contributed by atoms with E-state index in [1.165, 1.54) is 0 Å². The van der Waals surface area contributed by atoms with Crippen molar-refractivity contribution in [2.75, 3.05) is 18.8 Å². The molecule has 0 saturated heterocycles. The Morgan fingerprint density at radius 1 is 1.32 bits per heavy atom. The van der Waals surface area contributed by atoms with Crippen molar-refractivity contribution in [1.29, 1.82) is 0 Å². The average molecular weight is 289 g/mol. The monoisotopic (exact) mass is 289 g/mol. The van der Waals surface area contributed by atoms with Crippen LogP contribution in [0, 0.1) is 0 Å². The molecule has 8 heteroatoms. The summed E-state index contributed by atoms with van der Waals surface area (Å²) in [6.07, 6.45) is 2.77. The third-order valence-corrected chi connectivity index (χ3v) is 5.42. The molecule has 0 aromatic carbocycles. The van der Waals surface area contributed by atoms with Gasteiger partial charge >= 0.3 is 114 Å². The molecule has 0 aromatic rings. The summed E-state index contributed by atoms with van der Waals surface area (Å²) >= 11 is 0. The van der Waals surface area contributed by atoms with E-state index in [1.54, 1.807) is 6.92 Å². The maximum atomic E-state index is 12.0. The number of hydrogen-bond donors (Lipinski definition) is 1. The van der Waals surface area contributed by atoms with Gasteiger partial charge in [0.2, 0.25) is 0 Å². The molecule has 1 aliphatic carbocycles. The Labute approximate surface area is 114 Å². The van der Waals surface area contributed by atoms with Gasteiger partial charge in [0.05, 0.1) is 0 Å². The van der Waals surface area contributed by atoms with Gasteiger partial charge in [-0.15, -0.1) is 0 Å². The van der Waals surface area contributed by atoms with Crippen LogP contribution in [0.25, 0.3) is 0 Å². The quantitative estimate of drug-likeness (QED) is 0.519. The molecule has 1 N–H and O–H groups in total. The van der Waals surface area contributed by atoms with Crippen LogP contribution < -0.4 is 5.32 Å². The van der Waals surface area contributed by atoms with E-state index in [9.17, 15) is 17.9 Å². The zero-order valence-corrected chi connectivity index (χ0v) is 11.9. The fraction of sp³-hybridized carbons (Fsp3) is 0.909. The zero-order valence-electron chi connectivity index (χ0n) is 11.1. The Kier molecular flexibility index (Phi) is 6.64. The van der Waals surface area contributed by atoms with Gasteiger partial charge in [0.15, 0.2) is 0 Å². The first-order valence-electron chi connectivity index (χ1n) is 6.53. The molecule has 0 aliphatic heterocycles. The van der Waals surface area contributed by atoms with Gasteiger partial charge in [0, 0.05) is 0 Å². The SMILES string of the molecule is CCOC(=O)CS(=O)(=O)C1CCC(NCB=O)CC1. The van der Waals surface area contributed by atoms with Crippen LogP contribution in [0.1, 0.15) is 32.6 Å². The summed E-state index contributed by atoms with van der Waals surface area (Å²) in [4.78, 5) is 11.3. The number of nitrogens with one attached hydrogen (secondary N) is 1. The molecule has 0 bridgehead atoms. The minimum absolute atomic E-state index is 0.191. The first kappa shape index (κ1) is 16.3. The molecule has 0 radical (unpaired) electrons. The number of carbonyl (C=O) groups is 1. The summed E-state index contributed by atoms with van der Waals surface area (Å²) in [5, 5.41) is 2.58. The zero-order chi connectivity index (χ0) is 14.3. The summed E-state index contributed by atoms with van der Waals surface area (Å²) in [6, 6.07) is 0.194. The average Bonchev–Trinajstić information content (AvgIpc) is 2.36. The minimum atomic E-state index is -3.42. The third-order valence-electron chi connectivity index (χ3n) is 3.30. The molecule has 0 amide bonds. The van der Waals surface area contributed by atoms with Crippen molar-refractivity contribution in [3.63, 3.8) is 0 Å². The number of sulfone groups is 1. The Hall–Kier alpha value is -0.755. The van der Waals surface area contributed by atoms with E-state index in [0.29, 0.717) is 32.1 Å². The number of ether oxygens (including phenoxy) is 1. The van der Waals surface area contributed by atoms with Crippen LogP contribution in [0.2, 0.25) is 0 Å².